The Bertz CT molecular complexity index is 291. The summed E-state index contributed by atoms with van der Waals surface area (Å²) in [5.41, 5.74) is 5.26. The van der Waals surface area contributed by atoms with Crippen LogP contribution in [0.5, 0.6) is 0 Å². The maximum Gasteiger partial charge on any atom is 0.174 e. The largest absolute Gasteiger partial charge is 0.371 e. The fourth-order valence-corrected chi connectivity index (χ4v) is 2.02. The summed E-state index contributed by atoms with van der Waals surface area (Å²) in [4.78, 5) is 2.94. The van der Waals surface area contributed by atoms with Crippen molar-refractivity contribution in [2.24, 2.45) is 11.7 Å². The van der Waals surface area contributed by atoms with Crippen molar-refractivity contribution in [3.63, 3.8) is 0 Å². The van der Waals surface area contributed by atoms with E-state index in [1.54, 1.807) is 0 Å². The van der Waals surface area contributed by atoms with Crippen molar-refractivity contribution >= 4 is 0 Å². The minimum absolute atomic E-state index is 0.359. The Morgan fingerprint density at radius 2 is 2.14 bits per heavy atom. The number of rotatable bonds is 3. The fraction of sp³-hybridized carbons (Fsp3) is 0.778. The van der Waals surface area contributed by atoms with Gasteiger partial charge in [-0.1, -0.05) is 25.7 Å². The molecule has 5 heteroatoms. The topological polar surface area (TPSA) is 87.8 Å². The quantitative estimate of drug-likeness (QED) is 0.614. The van der Waals surface area contributed by atoms with E-state index in [0.29, 0.717) is 5.82 Å². The third-order valence-corrected chi connectivity index (χ3v) is 2.79. The lowest BCUT2D eigenvalue weighted by molar-refractivity contribution is 0.176. The van der Waals surface area contributed by atoms with Gasteiger partial charge in [-0.25, -0.2) is 0 Å². The van der Waals surface area contributed by atoms with Gasteiger partial charge in [0.15, 0.2) is 12.1 Å². The average Bonchev–Trinajstić information content (AvgIpc) is 2.75. The zero-order chi connectivity index (χ0) is 9.97. The average molecular weight is 196 g/mol. The van der Waals surface area contributed by atoms with Crippen LogP contribution >= 0.6 is 0 Å². The van der Waals surface area contributed by atoms with Crippen molar-refractivity contribution in [2.45, 2.75) is 38.3 Å². The van der Waals surface area contributed by atoms with Gasteiger partial charge in [0.2, 0.25) is 0 Å². The molecule has 14 heavy (non-hydrogen) atoms. The van der Waals surface area contributed by atoms with Crippen molar-refractivity contribution in [3.8, 4) is 0 Å². The van der Waals surface area contributed by atoms with Gasteiger partial charge in [0.25, 0.3) is 0 Å². The van der Waals surface area contributed by atoms with Gasteiger partial charge >= 0.3 is 0 Å². The first-order valence-electron chi connectivity index (χ1n) is 5.11. The number of nitrogens with two attached hydrogens (primary N) is 1. The van der Waals surface area contributed by atoms with E-state index in [0.717, 1.165) is 18.2 Å². The highest BCUT2D eigenvalue weighted by Gasteiger charge is 2.17. The summed E-state index contributed by atoms with van der Waals surface area (Å²) < 4.78 is 0. The second kappa shape index (κ2) is 4.06. The number of aliphatic hydroxyl groups is 1. The zero-order valence-corrected chi connectivity index (χ0v) is 8.11. The highest BCUT2D eigenvalue weighted by atomic mass is 16.3. The van der Waals surface area contributed by atoms with Crippen molar-refractivity contribution in [2.75, 3.05) is 0 Å². The van der Waals surface area contributed by atoms with E-state index in [4.69, 9.17) is 10.8 Å². The van der Waals surface area contributed by atoms with Gasteiger partial charge in [0.1, 0.15) is 5.82 Å². The van der Waals surface area contributed by atoms with Crippen molar-refractivity contribution in [3.05, 3.63) is 11.6 Å². The van der Waals surface area contributed by atoms with E-state index in [-0.39, 0.29) is 0 Å². The zero-order valence-electron chi connectivity index (χ0n) is 8.11. The molecule has 1 aliphatic carbocycles. The first kappa shape index (κ1) is 9.61. The van der Waals surface area contributed by atoms with Crippen molar-refractivity contribution in [1.29, 1.82) is 0 Å². The van der Waals surface area contributed by atoms with Crippen LogP contribution in [-0.4, -0.2) is 20.3 Å². The van der Waals surface area contributed by atoms with E-state index >= 15 is 0 Å². The number of hydrogen-bond acceptors (Lipinski definition) is 4. The monoisotopic (exact) mass is 196 g/mol. The van der Waals surface area contributed by atoms with Crippen LogP contribution in [0.1, 0.15) is 43.6 Å². The number of H-pyrrole nitrogens is 1. The number of aliphatic hydroxyl groups excluding tert-OH is 1. The molecular formula is C9H16N4O. The van der Waals surface area contributed by atoms with E-state index in [2.05, 4.69) is 15.2 Å². The highest BCUT2D eigenvalue weighted by Crippen LogP contribution is 2.27. The lowest BCUT2D eigenvalue weighted by atomic mass is 10.0. The molecule has 0 aliphatic heterocycles. The lowest BCUT2D eigenvalue weighted by Crippen LogP contribution is -2.10. The van der Waals surface area contributed by atoms with Gasteiger partial charge in [0.05, 0.1) is 0 Å². The molecule has 1 fully saturated rings. The molecule has 0 saturated heterocycles. The minimum Gasteiger partial charge on any atom is -0.371 e. The molecule has 78 valence electrons. The van der Waals surface area contributed by atoms with Crippen LogP contribution in [0.3, 0.4) is 0 Å². The molecule has 1 aromatic heterocycles. The number of aromatic nitrogens is 3. The SMILES string of the molecule is NC(O)c1nnc(CC2CCCC2)[nH]1. The van der Waals surface area contributed by atoms with Crippen LogP contribution < -0.4 is 5.73 Å². The Morgan fingerprint density at radius 1 is 1.43 bits per heavy atom. The van der Waals surface area contributed by atoms with Gasteiger partial charge in [-0.3, -0.25) is 5.73 Å². The molecule has 5 nitrogen and oxygen atoms in total. The second-order valence-electron chi connectivity index (χ2n) is 3.96. The van der Waals surface area contributed by atoms with Crippen LogP contribution in [-0.2, 0) is 6.42 Å². The van der Waals surface area contributed by atoms with Crippen LogP contribution in [0.15, 0.2) is 0 Å². The molecular weight excluding hydrogens is 180 g/mol. The van der Waals surface area contributed by atoms with Crippen LogP contribution in [0.25, 0.3) is 0 Å². The predicted molar refractivity (Wildman–Crippen MR) is 51.2 cm³/mol. The smallest absolute Gasteiger partial charge is 0.174 e. The molecule has 0 bridgehead atoms. The number of hydrogen-bond donors (Lipinski definition) is 3. The number of nitrogens with one attached hydrogen (secondary N) is 1. The summed E-state index contributed by atoms with van der Waals surface area (Å²) in [5, 5.41) is 16.8. The van der Waals surface area contributed by atoms with Crippen LogP contribution in [0, 0.1) is 5.92 Å². The molecule has 2 rings (SSSR count). The van der Waals surface area contributed by atoms with E-state index in [1.165, 1.54) is 25.7 Å². The molecule has 1 atom stereocenters. The first-order chi connectivity index (χ1) is 6.75. The van der Waals surface area contributed by atoms with E-state index < -0.39 is 6.23 Å². The molecule has 1 unspecified atom stereocenters. The van der Waals surface area contributed by atoms with E-state index in [9.17, 15) is 0 Å². The number of aromatic amines is 1. The molecule has 0 aromatic carbocycles. The second-order valence-corrected chi connectivity index (χ2v) is 3.96. The Balaban J connectivity index is 1.95. The summed E-state index contributed by atoms with van der Waals surface area (Å²) >= 11 is 0. The molecule has 0 radical (unpaired) electrons. The predicted octanol–water partition coefficient (Wildman–Crippen LogP) is 0.487. The summed E-state index contributed by atoms with van der Waals surface area (Å²) in [6.45, 7) is 0. The van der Waals surface area contributed by atoms with Gasteiger partial charge in [-0.05, 0) is 5.92 Å². The minimum atomic E-state index is -1.04. The standard InChI is InChI=1S/C9H16N4O/c10-8(14)9-11-7(12-13-9)5-6-3-1-2-4-6/h6,8,14H,1-5,10H2,(H,11,12,13). The van der Waals surface area contributed by atoms with Crippen LogP contribution in [0.4, 0.5) is 0 Å². The maximum absolute atomic E-state index is 9.04. The normalized spacial score (nSPS) is 20.1. The fourth-order valence-electron chi connectivity index (χ4n) is 2.02. The molecule has 1 saturated carbocycles. The molecule has 0 amide bonds. The van der Waals surface area contributed by atoms with E-state index in [1.807, 2.05) is 0 Å². The molecule has 0 spiro atoms. The number of nitrogens with zero attached hydrogens (tertiary/aromatic N) is 2. The summed E-state index contributed by atoms with van der Waals surface area (Å²) in [6.07, 6.45) is 5.10. The Hall–Kier alpha value is -0.940. The van der Waals surface area contributed by atoms with Gasteiger partial charge in [-0.15, -0.1) is 10.2 Å². The Morgan fingerprint density at radius 3 is 2.71 bits per heavy atom. The van der Waals surface area contributed by atoms with Crippen LogP contribution in [0.2, 0.25) is 0 Å². The molecule has 4 N–H and O–H groups in total. The summed E-state index contributed by atoms with van der Waals surface area (Å²) in [5.74, 6) is 1.93. The summed E-state index contributed by atoms with van der Waals surface area (Å²) in [7, 11) is 0. The van der Waals surface area contributed by atoms with Gasteiger partial charge in [0, 0.05) is 6.42 Å². The lowest BCUT2D eigenvalue weighted by Gasteiger charge is -2.04. The third kappa shape index (κ3) is 2.10. The molecule has 1 aliphatic rings. The van der Waals surface area contributed by atoms with Gasteiger partial charge in [-0.2, -0.15) is 0 Å². The first-order valence-corrected chi connectivity index (χ1v) is 5.11. The molecule has 1 heterocycles. The Labute approximate surface area is 82.7 Å². The maximum atomic E-state index is 9.04. The third-order valence-electron chi connectivity index (χ3n) is 2.79. The van der Waals surface area contributed by atoms with Crippen molar-refractivity contribution < 1.29 is 5.11 Å². The van der Waals surface area contributed by atoms with Crippen molar-refractivity contribution in [1.82, 2.24) is 15.2 Å². The summed E-state index contributed by atoms with van der Waals surface area (Å²) in [6, 6.07) is 0. The Kier molecular flexibility index (Phi) is 2.79. The van der Waals surface area contributed by atoms with Gasteiger partial charge < -0.3 is 10.1 Å². The molecule has 1 aromatic rings. The highest BCUT2D eigenvalue weighted by molar-refractivity contribution is 4.94.